The SMILES string of the molecule is CCC(CC)C(=O)N1CCC[C@](COc2ccc(Cl)c(C)c2)(CC(=O)N2CCCCC2)C1. The lowest BCUT2D eigenvalue weighted by Gasteiger charge is -2.44. The molecule has 0 N–H and O–H groups in total. The summed E-state index contributed by atoms with van der Waals surface area (Å²) in [7, 11) is 0. The van der Waals surface area contributed by atoms with Gasteiger partial charge in [-0.25, -0.2) is 0 Å². The molecule has 0 unspecified atom stereocenters. The Bertz CT molecular complexity index is 789. The fraction of sp³-hybridized carbons (Fsp3) is 0.692. The Morgan fingerprint density at radius 1 is 1.06 bits per heavy atom. The largest absolute Gasteiger partial charge is 0.493 e. The van der Waals surface area contributed by atoms with Crippen LogP contribution in [0, 0.1) is 18.3 Å². The molecule has 178 valence electrons. The summed E-state index contributed by atoms with van der Waals surface area (Å²) in [6, 6.07) is 5.67. The van der Waals surface area contributed by atoms with Gasteiger partial charge in [-0.2, -0.15) is 0 Å². The predicted molar refractivity (Wildman–Crippen MR) is 129 cm³/mol. The molecule has 5 nitrogen and oxygen atoms in total. The Labute approximate surface area is 198 Å². The van der Waals surface area contributed by atoms with Crippen LogP contribution in [0.3, 0.4) is 0 Å². The van der Waals surface area contributed by atoms with Crippen molar-refractivity contribution in [1.82, 2.24) is 9.80 Å². The third-order valence-electron chi connectivity index (χ3n) is 7.22. The Hall–Kier alpha value is -1.75. The van der Waals surface area contributed by atoms with Crippen LogP contribution in [0.4, 0.5) is 0 Å². The number of piperidine rings is 2. The normalized spacial score (nSPS) is 21.7. The number of likely N-dealkylation sites (tertiary alicyclic amines) is 2. The van der Waals surface area contributed by atoms with Gasteiger partial charge in [0.25, 0.3) is 0 Å². The second-order valence-electron chi connectivity index (χ2n) is 9.69. The molecule has 0 saturated carbocycles. The Kier molecular flexibility index (Phi) is 8.87. The summed E-state index contributed by atoms with van der Waals surface area (Å²) >= 11 is 6.17. The molecule has 1 atom stereocenters. The molecule has 6 heteroatoms. The molecule has 2 heterocycles. The highest BCUT2D eigenvalue weighted by Crippen LogP contribution is 2.37. The minimum atomic E-state index is -0.359. The van der Waals surface area contributed by atoms with E-state index >= 15 is 0 Å². The molecule has 1 aromatic rings. The molecule has 0 radical (unpaired) electrons. The molecule has 0 spiro atoms. The maximum Gasteiger partial charge on any atom is 0.225 e. The summed E-state index contributed by atoms with van der Waals surface area (Å²) < 4.78 is 6.25. The fourth-order valence-corrected chi connectivity index (χ4v) is 5.24. The first-order chi connectivity index (χ1) is 15.4. The summed E-state index contributed by atoms with van der Waals surface area (Å²) in [4.78, 5) is 30.4. The van der Waals surface area contributed by atoms with Gasteiger partial charge in [-0.1, -0.05) is 25.4 Å². The number of hydrogen-bond donors (Lipinski definition) is 0. The van der Waals surface area contributed by atoms with E-state index in [1.807, 2.05) is 34.9 Å². The minimum absolute atomic E-state index is 0.0587. The zero-order valence-electron chi connectivity index (χ0n) is 20.0. The van der Waals surface area contributed by atoms with Crippen molar-refractivity contribution in [3.05, 3.63) is 28.8 Å². The number of hydrogen-bond acceptors (Lipinski definition) is 3. The van der Waals surface area contributed by atoms with Crippen molar-refractivity contribution in [2.75, 3.05) is 32.8 Å². The van der Waals surface area contributed by atoms with Crippen molar-refractivity contribution < 1.29 is 14.3 Å². The lowest BCUT2D eigenvalue weighted by Crippen LogP contribution is -2.52. The van der Waals surface area contributed by atoms with Crippen LogP contribution in [-0.2, 0) is 9.59 Å². The number of nitrogens with zero attached hydrogens (tertiary/aromatic N) is 2. The fourth-order valence-electron chi connectivity index (χ4n) is 5.12. The summed E-state index contributed by atoms with van der Waals surface area (Å²) in [5, 5.41) is 0.715. The van der Waals surface area contributed by atoms with Crippen molar-refractivity contribution in [3.63, 3.8) is 0 Å². The lowest BCUT2D eigenvalue weighted by molar-refractivity contribution is -0.144. The molecular formula is C26H39ClN2O3. The number of carbonyl (C=O) groups excluding carboxylic acids is 2. The van der Waals surface area contributed by atoms with E-state index in [9.17, 15) is 9.59 Å². The third-order valence-corrected chi connectivity index (χ3v) is 7.64. The van der Waals surface area contributed by atoms with Crippen molar-refractivity contribution in [2.24, 2.45) is 11.3 Å². The molecule has 32 heavy (non-hydrogen) atoms. The molecule has 0 aliphatic carbocycles. The topological polar surface area (TPSA) is 49.9 Å². The number of ether oxygens (including phenoxy) is 1. The van der Waals surface area contributed by atoms with Crippen LogP contribution in [0.25, 0.3) is 0 Å². The maximum absolute atomic E-state index is 13.3. The van der Waals surface area contributed by atoms with Crippen LogP contribution in [0.2, 0.25) is 5.02 Å². The molecular weight excluding hydrogens is 424 g/mol. The monoisotopic (exact) mass is 462 g/mol. The van der Waals surface area contributed by atoms with Gasteiger partial charge < -0.3 is 14.5 Å². The van der Waals surface area contributed by atoms with E-state index in [-0.39, 0.29) is 23.1 Å². The average molecular weight is 463 g/mol. The van der Waals surface area contributed by atoms with E-state index in [1.165, 1.54) is 6.42 Å². The van der Waals surface area contributed by atoms with Crippen LogP contribution in [0.1, 0.15) is 70.8 Å². The average Bonchev–Trinajstić information content (AvgIpc) is 2.81. The summed E-state index contributed by atoms with van der Waals surface area (Å²) in [6.45, 7) is 9.61. The van der Waals surface area contributed by atoms with E-state index in [2.05, 4.69) is 13.8 Å². The highest BCUT2D eigenvalue weighted by Gasteiger charge is 2.41. The first-order valence-corrected chi connectivity index (χ1v) is 12.7. The number of halogens is 1. The molecule has 2 aliphatic heterocycles. The summed E-state index contributed by atoms with van der Waals surface area (Å²) in [5.74, 6) is 1.26. The van der Waals surface area contributed by atoms with Gasteiger partial charge in [-0.3, -0.25) is 9.59 Å². The molecule has 2 saturated heterocycles. The van der Waals surface area contributed by atoms with Gasteiger partial charge in [-0.05, 0) is 75.6 Å². The van der Waals surface area contributed by atoms with Crippen LogP contribution in [0.5, 0.6) is 5.75 Å². The lowest BCUT2D eigenvalue weighted by atomic mass is 9.76. The van der Waals surface area contributed by atoms with Crippen LogP contribution < -0.4 is 4.74 Å². The first-order valence-electron chi connectivity index (χ1n) is 12.3. The van der Waals surface area contributed by atoms with Gasteiger partial charge in [0.2, 0.25) is 11.8 Å². The van der Waals surface area contributed by atoms with Crippen molar-refractivity contribution in [1.29, 1.82) is 0 Å². The van der Waals surface area contributed by atoms with Gasteiger partial charge in [0.05, 0.1) is 6.61 Å². The van der Waals surface area contributed by atoms with Crippen LogP contribution >= 0.6 is 11.6 Å². The number of rotatable bonds is 8. The quantitative estimate of drug-likeness (QED) is 0.514. The van der Waals surface area contributed by atoms with Gasteiger partial charge in [-0.15, -0.1) is 0 Å². The number of carbonyl (C=O) groups is 2. The number of aryl methyl sites for hydroxylation is 1. The number of amides is 2. The molecule has 2 amide bonds. The zero-order valence-corrected chi connectivity index (χ0v) is 20.8. The van der Waals surface area contributed by atoms with Crippen LogP contribution in [-0.4, -0.2) is 54.4 Å². The molecule has 2 aliphatic rings. The van der Waals surface area contributed by atoms with Crippen LogP contribution in [0.15, 0.2) is 18.2 Å². The van der Waals surface area contributed by atoms with E-state index in [0.29, 0.717) is 24.6 Å². The number of benzene rings is 1. The zero-order chi connectivity index (χ0) is 23.1. The standard InChI is InChI=1S/C26H39ClN2O3/c1-4-21(5-2)25(31)29-15-9-12-26(18-29,17-24(30)28-13-7-6-8-14-28)19-32-22-10-11-23(27)20(3)16-22/h10-11,16,21H,4-9,12-15,17-19H2,1-3H3/t26-/m0/s1. The van der Waals surface area contributed by atoms with Gasteiger partial charge in [0.1, 0.15) is 5.75 Å². The predicted octanol–water partition coefficient (Wildman–Crippen LogP) is 5.47. The van der Waals surface area contributed by atoms with Gasteiger partial charge in [0, 0.05) is 49.0 Å². The first kappa shape index (κ1) is 24.9. The molecule has 3 rings (SSSR count). The van der Waals surface area contributed by atoms with E-state index in [1.54, 1.807) is 0 Å². The van der Waals surface area contributed by atoms with Gasteiger partial charge >= 0.3 is 0 Å². The highest BCUT2D eigenvalue weighted by atomic mass is 35.5. The summed E-state index contributed by atoms with van der Waals surface area (Å²) in [5.41, 5.74) is 0.610. The van der Waals surface area contributed by atoms with Crippen molar-refractivity contribution >= 4 is 23.4 Å². The van der Waals surface area contributed by atoms with Crippen molar-refractivity contribution in [2.45, 2.75) is 72.1 Å². The van der Waals surface area contributed by atoms with Gasteiger partial charge in [0.15, 0.2) is 0 Å². The van der Waals surface area contributed by atoms with E-state index < -0.39 is 0 Å². The van der Waals surface area contributed by atoms with Crippen molar-refractivity contribution in [3.8, 4) is 5.75 Å². The molecule has 2 fully saturated rings. The highest BCUT2D eigenvalue weighted by molar-refractivity contribution is 6.31. The van der Waals surface area contributed by atoms with E-state index in [0.717, 1.165) is 69.5 Å². The second-order valence-corrected chi connectivity index (χ2v) is 10.1. The van der Waals surface area contributed by atoms with E-state index in [4.69, 9.17) is 16.3 Å². The third kappa shape index (κ3) is 6.18. The minimum Gasteiger partial charge on any atom is -0.493 e. The molecule has 1 aromatic carbocycles. The maximum atomic E-state index is 13.3. The molecule has 0 aromatic heterocycles. The molecule has 0 bridgehead atoms. The second kappa shape index (κ2) is 11.4. The Morgan fingerprint density at radius 2 is 1.75 bits per heavy atom. The Balaban J connectivity index is 1.78. The smallest absolute Gasteiger partial charge is 0.225 e. The Morgan fingerprint density at radius 3 is 2.41 bits per heavy atom. The summed E-state index contributed by atoms with van der Waals surface area (Å²) in [6.07, 6.45) is 7.31.